The van der Waals surface area contributed by atoms with Crippen LogP contribution in [0.5, 0.6) is 0 Å². The number of sulfonamides is 1. The number of hydrogen-bond acceptors (Lipinski definition) is 5. The summed E-state index contributed by atoms with van der Waals surface area (Å²) in [5.74, 6) is 0. The van der Waals surface area contributed by atoms with Gasteiger partial charge in [0, 0.05) is 17.3 Å². The Balaban J connectivity index is 2.06. The van der Waals surface area contributed by atoms with Gasteiger partial charge >= 0.3 is 0 Å². The molecule has 0 unspecified atom stereocenters. The first kappa shape index (κ1) is 11.2. The van der Waals surface area contributed by atoms with Crippen molar-refractivity contribution in [2.24, 2.45) is 0 Å². The molecule has 0 amide bonds. The SMILES string of the molecule is Cc1csc(CNS(=O)(=O)c2cn[nH]c2)n1. The van der Waals surface area contributed by atoms with E-state index in [-0.39, 0.29) is 11.4 Å². The molecule has 0 aliphatic carbocycles. The molecule has 2 aromatic rings. The quantitative estimate of drug-likeness (QED) is 0.843. The fourth-order valence-electron chi connectivity index (χ4n) is 1.11. The zero-order chi connectivity index (χ0) is 11.6. The van der Waals surface area contributed by atoms with E-state index >= 15 is 0 Å². The van der Waals surface area contributed by atoms with Gasteiger partial charge in [0.25, 0.3) is 0 Å². The van der Waals surface area contributed by atoms with Gasteiger partial charge in [-0.1, -0.05) is 0 Å². The van der Waals surface area contributed by atoms with Gasteiger partial charge in [-0.2, -0.15) is 5.10 Å². The first-order chi connectivity index (χ1) is 7.58. The van der Waals surface area contributed by atoms with Crippen LogP contribution in [0.15, 0.2) is 22.7 Å². The number of hydrogen-bond donors (Lipinski definition) is 2. The van der Waals surface area contributed by atoms with Crippen LogP contribution in [0.1, 0.15) is 10.7 Å². The smallest absolute Gasteiger partial charge is 0.244 e. The van der Waals surface area contributed by atoms with Crippen LogP contribution >= 0.6 is 11.3 Å². The van der Waals surface area contributed by atoms with Crippen LogP contribution in [0.2, 0.25) is 0 Å². The van der Waals surface area contributed by atoms with Crippen LogP contribution in [-0.4, -0.2) is 23.6 Å². The minimum absolute atomic E-state index is 0.126. The Morgan fingerprint density at radius 3 is 2.94 bits per heavy atom. The van der Waals surface area contributed by atoms with Crippen molar-refractivity contribution < 1.29 is 8.42 Å². The normalized spacial score (nSPS) is 11.8. The predicted molar refractivity (Wildman–Crippen MR) is 59.5 cm³/mol. The number of nitrogens with one attached hydrogen (secondary N) is 2. The molecule has 8 heteroatoms. The number of H-pyrrole nitrogens is 1. The number of aromatic nitrogens is 3. The fraction of sp³-hybridized carbons (Fsp3) is 0.250. The van der Waals surface area contributed by atoms with E-state index < -0.39 is 10.0 Å². The molecule has 0 saturated heterocycles. The molecule has 0 bridgehead atoms. The minimum Gasteiger partial charge on any atom is -0.284 e. The number of aromatic amines is 1. The number of aryl methyl sites for hydroxylation is 1. The van der Waals surface area contributed by atoms with Gasteiger partial charge < -0.3 is 0 Å². The molecule has 2 aromatic heterocycles. The molecule has 2 N–H and O–H groups in total. The monoisotopic (exact) mass is 258 g/mol. The molecule has 0 aliphatic heterocycles. The van der Waals surface area contributed by atoms with Crippen molar-refractivity contribution in [1.29, 1.82) is 0 Å². The van der Waals surface area contributed by atoms with Gasteiger partial charge in [0.1, 0.15) is 9.90 Å². The van der Waals surface area contributed by atoms with Crippen LogP contribution in [0.3, 0.4) is 0 Å². The second-order valence-electron chi connectivity index (χ2n) is 3.14. The van der Waals surface area contributed by atoms with E-state index in [2.05, 4.69) is 19.9 Å². The fourth-order valence-corrected chi connectivity index (χ4v) is 2.81. The molecular weight excluding hydrogens is 248 g/mol. The Labute approximate surface area is 96.8 Å². The Morgan fingerprint density at radius 1 is 1.56 bits per heavy atom. The van der Waals surface area contributed by atoms with Crippen molar-refractivity contribution in [3.8, 4) is 0 Å². The summed E-state index contributed by atoms with van der Waals surface area (Å²) >= 11 is 1.43. The van der Waals surface area contributed by atoms with Gasteiger partial charge in [-0.15, -0.1) is 11.3 Å². The zero-order valence-electron chi connectivity index (χ0n) is 8.47. The summed E-state index contributed by atoms with van der Waals surface area (Å²) in [5.41, 5.74) is 0.891. The van der Waals surface area contributed by atoms with E-state index in [9.17, 15) is 8.42 Å². The lowest BCUT2D eigenvalue weighted by molar-refractivity contribution is 0.581. The standard InChI is InChI=1S/C8H10N4O2S2/c1-6-5-15-8(12-6)4-11-16(13,14)7-2-9-10-3-7/h2-3,5,11H,4H2,1H3,(H,9,10). The molecule has 16 heavy (non-hydrogen) atoms. The third-order valence-corrected chi connectivity index (χ3v) is 4.20. The number of thiazole rings is 1. The lowest BCUT2D eigenvalue weighted by atomic mass is 10.6. The molecule has 86 valence electrons. The first-order valence-corrected chi connectivity index (χ1v) is 6.84. The van der Waals surface area contributed by atoms with E-state index in [1.165, 1.54) is 23.7 Å². The van der Waals surface area contributed by atoms with Gasteiger partial charge in [-0.3, -0.25) is 5.10 Å². The molecule has 0 radical (unpaired) electrons. The predicted octanol–water partition coefficient (Wildman–Crippen LogP) is 0.653. The first-order valence-electron chi connectivity index (χ1n) is 4.47. The van der Waals surface area contributed by atoms with Crippen LogP contribution in [-0.2, 0) is 16.6 Å². The molecule has 0 aliphatic rings. The zero-order valence-corrected chi connectivity index (χ0v) is 10.1. The molecular formula is C8H10N4O2S2. The van der Waals surface area contributed by atoms with Crippen molar-refractivity contribution >= 4 is 21.4 Å². The van der Waals surface area contributed by atoms with E-state index in [0.29, 0.717) is 0 Å². The van der Waals surface area contributed by atoms with Gasteiger partial charge in [0.15, 0.2) is 0 Å². The summed E-state index contributed by atoms with van der Waals surface area (Å²) in [6.45, 7) is 2.07. The third-order valence-electron chi connectivity index (χ3n) is 1.86. The highest BCUT2D eigenvalue weighted by atomic mass is 32.2. The van der Waals surface area contributed by atoms with Crippen LogP contribution in [0.4, 0.5) is 0 Å². The van der Waals surface area contributed by atoms with Gasteiger partial charge in [0.2, 0.25) is 10.0 Å². The van der Waals surface area contributed by atoms with Crippen LogP contribution in [0, 0.1) is 6.92 Å². The molecule has 2 heterocycles. The van der Waals surface area contributed by atoms with Crippen LogP contribution < -0.4 is 4.72 Å². The van der Waals surface area contributed by atoms with E-state index in [1.54, 1.807) is 0 Å². The Kier molecular flexibility index (Phi) is 3.03. The van der Waals surface area contributed by atoms with Crippen molar-refractivity contribution in [2.75, 3.05) is 0 Å². The summed E-state index contributed by atoms with van der Waals surface area (Å²) < 4.78 is 25.8. The van der Waals surface area contributed by atoms with Gasteiger partial charge in [0.05, 0.1) is 12.7 Å². The van der Waals surface area contributed by atoms with E-state index in [1.807, 2.05) is 12.3 Å². The maximum absolute atomic E-state index is 11.7. The van der Waals surface area contributed by atoms with Crippen molar-refractivity contribution in [2.45, 2.75) is 18.4 Å². The van der Waals surface area contributed by atoms with Gasteiger partial charge in [-0.25, -0.2) is 18.1 Å². The summed E-state index contributed by atoms with van der Waals surface area (Å²) in [5, 5.41) is 8.66. The second-order valence-corrected chi connectivity index (χ2v) is 5.85. The van der Waals surface area contributed by atoms with Crippen LogP contribution in [0.25, 0.3) is 0 Å². The largest absolute Gasteiger partial charge is 0.284 e. The molecule has 0 atom stereocenters. The molecule has 0 saturated carbocycles. The van der Waals surface area contributed by atoms with Crippen molar-refractivity contribution in [3.05, 3.63) is 28.5 Å². The Bertz CT molecular complexity index is 559. The van der Waals surface area contributed by atoms with Gasteiger partial charge in [-0.05, 0) is 6.92 Å². The Hall–Kier alpha value is -1.25. The van der Waals surface area contributed by atoms with E-state index in [4.69, 9.17) is 0 Å². The lowest BCUT2D eigenvalue weighted by Gasteiger charge is -2.01. The molecule has 0 aromatic carbocycles. The maximum Gasteiger partial charge on any atom is 0.244 e. The maximum atomic E-state index is 11.7. The Morgan fingerprint density at radius 2 is 2.38 bits per heavy atom. The summed E-state index contributed by atoms with van der Waals surface area (Å²) in [4.78, 5) is 4.29. The highest BCUT2D eigenvalue weighted by Gasteiger charge is 2.15. The van der Waals surface area contributed by atoms with E-state index in [0.717, 1.165) is 10.7 Å². The summed E-state index contributed by atoms with van der Waals surface area (Å²) in [7, 11) is -3.48. The highest BCUT2D eigenvalue weighted by Crippen LogP contribution is 2.10. The average molecular weight is 258 g/mol. The summed E-state index contributed by atoms with van der Waals surface area (Å²) in [6, 6.07) is 0. The number of nitrogens with zero attached hydrogens (tertiary/aromatic N) is 2. The highest BCUT2D eigenvalue weighted by molar-refractivity contribution is 7.89. The third kappa shape index (κ3) is 2.46. The molecule has 0 spiro atoms. The lowest BCUT2D eigenvalue weighted by Crippen LogP contribution is -2.22. The second kappa shape index (κ2) is 4.32. The van der Waals surface area contributed by atoms with Crippen molar-refractivity contribution in [1.82, 2.24) is 19.9 Å². The number of rotatable bonds is 4. The minimum atomic E-state index is -3.48. The molecule has 6 nitrogen and oxygen atoms in total. The summed E-state index contributed by atoms with van der Waals surface area (Å²) in [6.07, 6.45) is 2.59. The molecule has 2 rings (SSSR count). The molecule has 0 fully saturated rings. The van der Waals surface area contributed by atoms with Crippen molar-refractivity contribution in [3.63, 3.8) is 0 Å². The topological polar surface area (TPSA) is 87.7 Å². The average Bonchev–Trinajstić information content (AvgIpc) is 2.85.